The standard InChI is InChI=1S/C14H21ClN2/c1-2-17(14-7-4-8-16-10-14)11-12-5-3-6-13(15)9-12/h3,5-6,9,14,16H,2,4,7-8,10-11H2,1H3. The molecule has 0 aromatic heterocycles. The predicted molar refractivity (Wildman–Crippen MR) is 73.4 cm³/mol. The summed E-state index contributed by atoms with van der Waals surface area (Å²) in [6.45, 7) is 6.63. The smallest absolute Gasteiger partial charge is 0.0409 e. The molecule has 94 valence electrons. The van der Waals surface area contributed by atoms with Crippen LogP contribution in [0.5, 0.6) is 0 Å². The van der Waals surface area contributed by atoms with Crippen LogP contribution in [0, 0.1) is 0 Å². The van der Waals surface area contributed by atoms with E-state index in [1.165, 1.54) is 24.9 Å². The first-order valence-electron chi connectivity index (χ1n) is 6.49. The second-order valence-electron chi connectivity index (χ2n) is 4.69. The van der Waals surface area contributed by atoms with Gasteiger partial charge in [-0.25, -0.2) is 0 Å². The highest BCUT2D eigenvalue weighted by molar-refractivity contribution is 6.30. The molecule has 1 fully saturated rings. The van der Waals surface area contributed by atoms with E-state index in [-0.39, 0.29) is 0 Å². The Morgan fingerprint density at radius 3 is 3.00 bits per heavy atom. The lowest BCUT2D eigenvalue weighted by atomic mass is 10.0. The van der Waals surface area contributed by atoms with Crippen molar-refractivity contribution in [1.82, 2.24) is 10.2 Å². The molecule has 1 aromatic carbocycles. The van der Waals surface area contributed by atoms with Crippen LogP contribution in [0.4, 0.5) is 0 Å². The molecular formula is C14H21ClN2. The van der Waals surface area contributed by atoms with Gasteiger partial charge in [0.25, 0.3) is 0 Å². The van der Waals surface area contributed by atoms with Crippen LogP contribution >= 0.6 is 11.6 Å². The summed E-state index contributed by atoms with van der Waals surface area (Å²) in [4.78, 5) is 2.54. The number of benzene rings is 1. The van der Waals surface area contributed by atoms with E-state index in [2.05, 4.69) is 29.3 Å². The van der Waals surface area contributed by atoms with Crippen LogP contribution in [0.1, 0.15) is 25.3 Å². The van der Waals surface area contributed by atoms with Crippen molar-refractivity contribution in [2.24, 2.45) is 0 Å². The molecule has 3 heteroatoms. The van der Waals surface area contributed by atoms with Crippen LogP contribution in [0.3, 0.4) is 0 Å². The van der Waals surface area contributed by atoms with Crippen molar-refractivity contribution >= 4 is 11.6 Å². The predicted octanol–water partition coefficient (Wildman–Crippen LogP) is 2.91. The Kier molecular flexibility index (Phi) is 4.84. The highest BCUT2D eigenvalue weighted by Crippen LogP contribution is 2.16. The van der Waals surface area contributed by atoms with E-state index >= 15 is 0 Å². The molecule has 17 heavy (non-hydrogen) atoms. The molecular weight excluding hydrogens is 232 g/mol. The molecule has 1 aliphatic rings. The molecule has 0 bridgehead atoms. The largest absolute Gasteiger partial charge is 0.315 e. The summed E-state index contributed by atoms with van der Waals surface area (Å²) in [6, 6.07) is 8.87. The molecule has 1 aliphatic heterocycles. The van der Waals surface area contributed by atoms with Crippen molar-refractivity contribution in [3.8, 4) is 0 Å². The summed E-state index contributed by atoms with van der Waals surface area (Å²) in [5, 5.41) is 4.31. The lowest BCUT2D eigenvalue weighted by Crippen LogP contribution is -2.45. The van der Waals surface area contributed by atoms with Crippen molar-refractivity contribution in [2.45, 2.75) is 32.4 Å². The minimum absolute atomic E-state index is 0.674. The van der Waals surface area contributed by atoms with E-state index < -0.39 is 0 Å². The molecule has 1 heterocycles. The van der Waals surface area contributed by atoms with Gasteiger partial charge in [0.2, 0.25) is 0 Å². The number of hydrogen-bond acceptors (Lipinski definition) is 2. The maximum Gasteiger partial charge on any atom is 0.0409 e. The zero-order valence-corrected chi connectivity index (χ0v) is 11.2. The van der Waals surface area contributed by atoms with Crippen LogP contribution < -0.4 is 5.32 Å². The first-order valence-corrected chi connectivity index (χ1v) is 6.86. The maximum absolute atomic E-state index is 6.03. The summed E-state index contributed by atoms with van der Waals surface area (Å²) in [5.41, 5.74) is 1.31. The third-order valence-electron chi connectivity index (χ3n) is 3.47. The second kappa shape index (κ2) is 6.39. The van der Waals surface area contributed by atoms with E-state index in [1.54, 1.807) is 0 Å². The summed E-state index contributed by atoms with van der Waals surface area (Å²) >= 11 is 6.03. The summed E-state index contributed by atoms with van der Waals surface area (Å²) in [7, 11) is 0. The van der Waals surface area contributed by atoms with Gasteiger partial charge in [-0.2, -0.15) is 0 Å². The van der Waals surface area contributed by atoms with Gasteiger partial charge in [-0.3, -0.25) is 4.90 Å². The Morgan fingerprint density at radius 1 is 1.47 bits per heavy atom. The molecule has 2 rings (SSSR count). The Balaban J connectivity index is 1.98. The molecule has 1 unspecified atom stereocenters. The molecule has 0 aliphatic carbocycles. The first-order chi connectivity index (χ1) is 8.29. The fourth-order valence-corrected chi connectivity index (χ4v) is 2.73. The topological polar surface area (TPSA) is 15.3 Å². The van der Waals surface area contributed by atoms with Crippen LogP contribution in [0.15, 0.2) is 24.3 Å². The zero-order valence-electron chi connectivity index (χ0n) is 10.5. The zero-order chi connectivity index (χ0) is 12.1. The van der Waals surface area contributed by atoms with E-state index in [1.807, 2.05) is 12.1 Å². The molecule has 0 saturated carbocycles. The highest BCUT2D eigenvalue weighted by atomic mass is 35.5. The highest BCUT2D eigenvalue weighted by Gasteiger charge is 2.19. The number of nitrogens with zero attached hydrogens (tertiary/aromatic N) is 1. The SMILES string of the molecule is CCN(Cc1cccc(Cl)c1)C1CCCNC1. The molecule has 1 atom stereocenters. The number of hydrogen-bond donors (Lipinski definition) is 1. The average Bonchev–Trinajstić information content (AvgIpc) is 2.37. The van der Waals surface area contributed by atoms with Gasteiger partial charge in [0, 0.05) is 24.2 Å². The third-order valence-corrected chi connectivity index (χ3v) is 3.70. The van der Waals surface area contributed by atoms with Crippen molar-refractivity contribution in [1.29, 1.82) is 0 Å². The molecule has 1 saturated heterocycles. The summed E-state index contributed by atoms with van der Waals surface area (Å²) in [5.74, 6) is 0. The summed E-state index contributed by atoms with van der Waals surface area (Å²) < 4.78 is 0. The van der Waals surface area contributed by atoms with Gasteiger partial charge in [0.1, 0.15) is 0 Å². The number of likely N-dealkylation sites (N-methyl/N-ethyl adjacent to an activating group) is 1. The second-order valence-corrected chi connectivity index (χ2v) is 5.13. The Morgan fingerprint density at radius 2 is 2.35 bits per heavy atom. The Hall–Kier alpha value is -0.570. The number of piperidine rings is 1. The molecule has 1 N–H and O–H groups in total. The minimum Gasteiger partial charge on any atom is -0.315 e. The van der Waals surface area contributed by atoms with E-state index in [4.69, 9.17) is 11.6 Å². The number of nitrogens with one attached hydrogen (secondary N) is 1. The van der Waals surface area contributed by atoms with Gasteiger partial charge < -0.3 is 5.32 Å². The van der Waals surface area contributed by atoms with Crippen LogP contribution in [0.2, 0.25) is 5.02 Å². The van der Waals surface area contributed by atoms with Crippen molar-refractivity contribution in [3.63, 3.8) is 0 Å². The van der Waals surface area contributed by atoms with Crippen LogP contribution in [-0.2, 0) is 6.54 Å². The lowest BCUT2D eigenvalue weighted by Gasteiger charge is -2.34. The molecule has 0 radical (unpaired) electrons. The lowest BCUT2D eigenvalue weighted by molar-refractivity contribution is 0.166. The van der Waals surface area contributed by atoms with Gasteiger partial charge in [-0.05, 0) is 43.6 Å². The molecule has 0 amide bonds. The minimum atomic E-state index is 0.674. The average molecular weight is 253 g/mol. The van der Waals surface area contributed by atoms with Crippen molar-refractivity contribution < 1.29 is 0 Å². The van der Waals surface area contributed by atoms with Crippen molar-refractivity contribution in [3.05, 3.63) is 34.9 Å². The quantitative estimate of drug-likeness (QED) is 0.887. The van der Waals surface area contributed by atoms with E-state index in [9.17, 15) is 0 Å². The Labute approximate surface area is 109 Å². The van der Waals surface area contributed by atoms with E-state index in [0.29, 0.717) is 6.04 Å². The summed E-state index contributed by atoms with van der Waals surface area (Å²) in [6.07, 6.45) is 2.60. The monoisotopic (exact) mass is 252 g/mol. The van der Waals surface area contributed by atoms with Gasteiger partial charge >= 0.3 is 0 Å². The Bertz CT molecular complexity index is 348. The number of halogens is 1. The molecule has 2 nitrogen and oxygen atoms in total. The maximum atomic E-state index is 6.03. The van der Waals surface area contributed by atoms with Gasteiger partial charge in [-0.1, -0.05) is 30.7 Å². The van der Waals surface area contributed by atoms with Crippen LogP contribution in [0.25, 0.3) is 0 Å². The number of rotatable bonds is 4. The van der Waals surface area contributed by atoms with Crippen molar-refractivity contribution in [2.75, 3.05) is 19.6 Å². The third kappa shape index (κ3) is 3.70. The fourth-order valence-electron chi connectivity index (χ4n) is 2.51. The fraction of sp³-hybridized carbons (Fsp3) is 0.571. The van der Waals surface area contributed by atoms with Gasteiger partial charge in [0.15, 0.2) is 0 Å². The molecule has 1 aromatic rings. The molecule has 0 spiro atoms. The van der Waals surface area contributed by atoms with Gasteiger partial charge in [-0.15, -0.1) is 0 Å². The van der Waals surface area contributed by atoms with E-state index in [0.717, 1.165) is 24.7 Å². The normalized spacial score (nSPS) is 20.8. The van der Waals surface area contributed by atoms with Gasteiger partial charge in [0.05, 0.1) is 0 Å². The first kappa shape index (κ1) is 12.9. The van der Waals surface area contributed by atoms with Crippen LogP contribution in [-0.4, -0.2) is 30.6 Å².